The Morgan fingerprint density at radius 3 is 2.79 bits per heavy atom. The summed E-state index contributed by atoms with van der Waals surface area (Å²) in [4.78, 5) is 0. The summed E-state index contributed by atoms with van der Waals surface area (Å²) in [6.07, 6.45) is 0. The minimum atomic E-state index is -0.242. The molecule has 2 N–H and O–H groups in total. The largest absolute Gasteiger partial charge is 0.494 e. The molecule has 0 fully saturated rings. The Kier molecular flexibility index (Phi) is 4.86. The second-order valence-corrected chi connectivity index (χ2v) is 5.44. The summed E-state index contributed by atoms with van der Waals surface area (Å²) in [6.45, 7) is 2.60. The van der Waals surface area contributed by atoms with E-state index in [9.17, 15) is 0 Å². The predicted octanol–water partition coefficient (Wildman–Crippen LogP) is 4.55. The van der Waals surface area contributed by atoms with Crippen LogP contribution < -0.4 is 10.5 Å². The van der Waals surface area contributed by atoms with E-state index < -0.39 is 0 Å². The van der Waals surface area contributed by atoms with Gasteiger partial charge >= 0.3 is 0 Å². The minimum Gasteiger partial charge on any atom is -0.494 e. The van der Waals surface area contributed by atoms with Gasteiger partial charge in [-0.25, -0.2) is 0 Å². The van der Waals surface area contributed by atoms with Crippen molar-refractivity contribution in [2.45, 2.75) is 13.0 Å². The molecule has 4 heteroatoms. The number of rotatable bonds is 4. The highest BCUT2D eigenvalue weighted by Crippen LogP contribution is 2.30. The third kappa shape index (κ3) is 3.50. The van der Waals surface area contributed by atoms with Crippen LogP contribution in [0.25, 0.3) is 0 Å². The number of hydrogen-bond donors (Lipinski definition) is 1. The summed E-state index contributed by atoms with van der Waals surface area (Å²) in [5.41, 5.74) is 8.26. The first kappa shape index (κ1) is 14.4. The maximum atomic E-state index is 6.31. The molecule has 0 heterocycles. The van der Waals surface area contributed by atoms with Crippen molar-refractivity contribution in [1.29, 1.82) is 0 Å². The van der Waals surface area contributed by atoms with Gasteiger partial charge in [-0.15, -0.1) is 0 Å². The molecule has 100 valence electrons. The zero-order chi connectivity index (χ0) is 13.8. The van der Waals surface area contributed by atoms with E-state index in [1.807, 2.05) is 49.4 Å². The first-order chi connectivity index (χ1) is 9.11. The minimum absolute atomic E-state index is 0.242. The van der Waals surface area contributed by atoms with Crippen molar-refractivity contribution in [2.75, 3.05) is 6.61 Å². The van der Waals surface area contributed by atoms with Gasteiger partial charge in [-0.2, -0.15) is 0 Å². The monoisotopic (exact) mass is 339 g/mol. The lowest BCUT2D eigenvalue weighted by atomic mass is 9.99. The van der Waals surface area contributed by atoms with E-state index in [2.05, 4.69) is 15.9 Å². The Bertz CT molecular complexity index is 574. The van der Waals surface area contributed by atoms with Crippen molar-refractivity contribution in [3.05, 3.63) is 63.1 Å². The molecule has 0 amide bonds. The second kappa shape index (κ2) is 6.42. The van der Waals surface area contributed by atoms with Gasteiger partial charge < -0.3 is 10.5 Å². The Balaban J connectivity index is 2.35. The summed E-state index contributed by atoms with van der Waals surface area (Å²) in [5.74, 6) is 0.827. The summed E-state index contributed by atoms with van der Waals surface area (Å²) >= 11 is 9.54. The fraction of sp³-hybridized carbons (Fsp3) is 0.200. The fourth-order valence-electron chi connectivity index (χ4n) is 1.90. The van der Waals surface area contributed by atoms with Gasteiger partial charge in [-0.3, -0.25) is 0 Å². The summed E-state index contributed by atoms with van der Waals surface area (Å²) in [7, 11) is 0. The maximum absolute atomic E-state index is 6.31. The topological polar surface area (TPSA) is 35.2 Å². The first-order valence-corrected chi connectivity index (χ1v) is 7.22. The molecule has 2 aromatic carbocycles. The van der Waals surface area contributed by atoms with E-state index in [-0.39, 0.29) is 6.04 Å². The average Bonchev–Trinajstić information content (AvgIpc) is 2.41. The van der Waals surface area contributed by atoms with Crippen LogP contribution in [0.15, 0.2) is 46.9 Å². The number of benzene rings is 2. The van der Waals surface area contributed by atoms with E-state index in [0.29, 0.717) is 11.6 Å². The van der Waals surface area contributed by atoms with E-state index in [0.717, 1.165) is 21.3 Å². The zero-order valence-corrected chi connectivity index (χ0v) is 12.9. The highest BCUT2D eigenvalue weighted by atomic mass is 79.9. The van der Waals surface area contributed by atoms with E-state index >= 15 is 0 Å². The Labute approximate surface area is 126 Å². The summed E-state index contributed by atoms with van der Waals surface area (Å²) in [5, 5.41) is 0.676. The number of halogens is 2. The molecule has 1 atom stereocenters. The van der Waals surface area contributed by atoms with Crippen molar-refractivity contribution in [1.82, 2.24) is 0 Å². The maximum Gasteiger partial charge on any atom is 0.119 e. The van der Waals surface area contributed by atoms with Crippen LogP contribution in [-0.4, -0.2) is 6.61 Å². The van der Waals surface area contributed by atoms with Crippen molar-refractivity contribution in [3.8, 4) is 5.75 Å². The molecule has 0 aliphatic rings. The molecule has 19 heavy (non-hydrogen) atoms. The normalized spacial score (nSPS) is 12.2. The van der Waals surface area contributed by atoms with Crippen LogP contribution in [-0.2, 0) is 0 Å². The molecule has 0 bridgehead atoms. The average molecular weight is 341 g/mol. The zero-order valence-electron chi connectivity index (χ0n) is 10.6. The smallest absolute Gasteiger partial charge is 0.119 e. The standard InChI is InChI=1S/C15H15BrClNO/c1-2-19-12-5-3-4-10(8-12)15(18)13-9-11(17)6-7-14(13)16/h3-9,15H,2,18H2,1H3. The van der Waals surface area contributed by atoms with E-state index in [1.54, 1.807) is 0 Å². The lowest BCUT2D eigenvalue weighted by Gasteiger charge is -2.16. The van der Waals surface area contributed by atoms with Crippen LogP contribution in [0.4, 0.5) is 0 Å². The van der Waals surface area contributed by atoms with Crippen molar-refractivity contribution < 1.29 is 4.74 Å². The van der Waals surface area contributed by atoms with Crippen LogP contribution in [0.5, 0.6) is 5.75 Å². The van der Waals surface area contributed by atoms with E-state index in [1.165, 1.54) is 0 Å². The van der Waals surface area contributed by atoms with Gasteiger partial charge in [-0.05, 0) is 48.4 Å². The molecule has 0 aliphatic carbocycles. The van der Waals surface area contributed by atoms with Gasteiger partial charge in [-0.1, -0.05) is 39.7 Å². The molecule has 0 saturated heterocycles. The van der Waals surface area contributed by atoms with Crippen LogP contribution >= 0.6 is 27.5 Å². The van der Waals surface area contributed by atoms with Gasteiger partial charge in [0.2, 0.25) is 0 Å². The van der Waals surface area contributed by atoms with Crippen LogP contribution in [0, 0.1) is 0 Å². The molecule has 0 saturated carbocycles. The highest BCUT2D eigenvalue weighted by Gasteiger charge is 2.13. The molecule has 0 radical (unpaired) electrons. The molecule has 0 aromatic heterocycles. The second-order valence-electron chi connectivity index (χ2n) is 4.15. The van der Waals surface area contributed by atoms with Crippen molar-refractivity contribution >= 4 is 27.5 Å². The van der Waals surface area contributed by atoms with Gasteiger partial charge in [0.1, 0.15) is 5.75 Å². The van der Waals surface area contributed by atoms with Crippen molar-refractivity contribution in [3.63, 3.8) is 0 Å². The van der Waals surface area contributed by atoms with Gasteiger partial charge in [0, 0.05) is 9.50 Å². The van der Waals surface area contributed by atoms with E-state index in [4.69, 9.17) is 22.1 Å². The lowest BCUT2D eigenvalue weighted by molar-refractivity contribution is 0.340. The molecule has 2 nitrogen and oxygen atoms in total. The van der Waals surface area contributed by atoms with Crippen LogP contribution in [0.1, 0.15) is 24.1 Å². The summed E-state index contributed by atoms with van der Waals surface area (Å²) in [6, 6.07) is 13.2. The SMILES string of the molecule is CCOc1cccc(C(N)c2cc(Cl)ccc2Br)c1. The van der Waals surface area contributed by atoms with Gasteiger partial charge in [0.15, 0.2) is 0 Å². The Hall–Kier alpha value is -1.03. The van der Waals surface area contributed by atoms with Crippen molar-refractivity contribution in [2.24, 2.45) is 5.73 Å². The number of hydrogen-bond acceptors (Lipinski definition) is 2. The Morgan fingerprint density at radius 1 is 1.26 bits per heavy atom. The molecular formula is C15H15BrClNO. The third-order valence-corrected chi connectivity index (χ3v) is 3.78. The summed E-state index contributed by atoms with van der Waals surface area (Å²) < 4.78 is 6.44. The molecule has 1 unspecified atom stereocenters. The molecular weight excluding hydrogens is 326 g/mol. The number of nitrogens with two attached hydrogens (primary N) is 1. The predicted molar refractivity (Wildman–Crippen MR) is 82.8 cm³/mol. The molecule has 2 aromatic rings. The van der Waals surface area contributed by atoms with Gasteiger partial charge in [0.25, 0.3) is 0 Å². The first-order valence-electron chi connectivity index (χ1n) is 6.05. The highest BCUT2D eigenvalue weighted by molar-refractivity contribution is 9.10. The van der Waals surface area contributed by atoms with Crippen LogP contribution in [0.3, 0.4) is 0 Å². The molecule has 0 aliphatic heterocycles. The third-order valence-electron chi connectivity index (χ3n) is 2.82. The Morgan fingerprint density at radius 2 is 2.05 bits per heavy atom. The number of ether oxygens (including phenoxy) is 1. The lowest BCUT2D eigenvalue weighted by Crippen LogP contribution is -2.12. The fourth-order valence-corrected chi connectivity index (χ4v) is 2.57. The molecule has 0 spiro atoms. The van der Waals surface area contributed by atoms with Gasteiger partial charge in [0.05, 0.1) is 12.6 Å². The van der Waals surface area contributed by atoms with Crippen LogP contribution in [0.2, 0.25) is 5.02 Å². The molecule has 2 rings (SSSR count). The quantitative estimate of drug-likeness (QED) is 0.886.